The molecular formula is C13H10ClN3. The van der Waals surface area contributed by atoms with Gasteiger partial charge < -0.3 is 0 Å². The molecule has 84 valence electrons. The number of nitrogens with zero attached hydrogens (tertiary/aromatic N) is 3. The molecule has 3 aromatic rings. The first kappa shape index (κ1) is 10.3. The molecule has 17 heavy (non-hydrogen) atoms. The SMILES string of the molecule is Cn1ncc2cc(-c3cccnc3Cl)ccc21. The summed E-state index contributed by atoms with van der Waals surface area (Å²) in [5, 5.41) is 5.85. The minimum Gasteiger partial charge on any atom is -0.268 e. The highest BCUT2D eigenvalue weighted by Crippen LogP contribution is 2.28. The standard InChI is InChI=1S/C13H10ClN3/c1-17-12-5-4-9(7-10(12)8-16-17)11-3-2-6-15-13(11)14/h2-8H,1H3. The summed E-state index contributed by atoms with van der Waals surface area (Å²) in [5.74, 6) is 0. The molecule has 0 fully saturated rings. The molecule has 0 aliphatic carbocycles. The number of benzene rings is 1. The van der Waals surface area contributed by atoms with Crippen molar-refractivity contribution in [2.45, 2.75) is 0 Å². The maximum atomic E-state index is 6.08. The molecule has 0 saturated heterocycles. The molecule has 2 aromatic heterocycles. The number of halogens is 1. The third kappa shape index (κ3) is 1.68. The molecule has 0 amide bonds. The Morgan fingerprint density at radius 2 is 2.12 bits per heavy atom. The number of hydrogen-bond acceptors (Lipinski definition) is 2. The second-order valence-electron chi connectivity index (χ2n) is 3.88. The van der Waals surface area contributed by atoms with E-state index < -0.39 is 0 Å². The molecule has 0 bridgehead atoms. The largest absolute Gasteiger partial charge is 0.268 e. The second kappa shape index (κ2) is 3.86. The van der Waals surface area contributed by atoms with Crippen molar-refractivity contribution in [1.29, 1.82) is 0 Å². The number of hydrogen-bond donors (Lipinski definition) is 0. The van der Waals surface area contributed by atoms with E-state index in [4.69, 9.17) is 11.6 Å². The molecular weight excluding hydrogens is 234 g/mol. The second-order valence-corrected chi connectivity index (χ2v) is 4.24. The number of fused-ring (bicyclic) bond motifs is 1. The Hall–Kier alpha value is -1.87. The fraction of sp³-hybridized carbons (Fsp3) is 0.0769. The van der Waals surface area contributed by atoms with Crippen LogP contribution >= 0.6 is 11.6 Å². The fourth-order valence-corrected chi connectivity index (χ4v) is 2.16. The highest BCUT2D eigenvalue weighted by molar-refractivity contribution is 6.32. The zero-order valence-electron chi connectivity index (χ0n) is 9.26. The van der Waals surface area contributed by atoms with Crippen LogP contribution in [0.25, 0.3) is 22.0 Å². The van der Waals surface area contributed by atoms with Gasteiger partial charge in [-0.15, -0.1) is 0 Å². The summed E-state index contributed by atoms with van der Waals surface area (Å²) in [4.78, 5) is 4.09. The van der Waals surface area contributed by atoms with Crippen molar-refractivity contribution in [2.24, 2.45) is 7.05 Å². The fourth-order valence-electron chi connectivity index (χ4n) is 1.93. The lowest BCUT2D eigenvalue weighted by atomic mass is 10.1. The van der Waals surface area contributed by atoms with Crippen LogP contribution in [0.3, 0.4) is 0 Å². The van der Waals surface area contributed by atoms with Crippen molar-refractivity contribution in [3.63, 3.8) is 0 Å². The van der Waals surface area contributed by atoms with Gasteiger partial charge in [-0.2, -0.15) is 5.10 Å². The van der Waals surface area contributed by atoms with Gasteiger partial charge in [0.05, 0.1) is 11.7 Å². The maximum absolute atomic E-state index is 6.08. The van der Waals surface area contributed by atoms with E-state index in [-0.39, 0.29) is 0 Å². The number of rotatable bonds is 1. The third-order valence-electron chi connectivity index (χ3n) is 2.82. The third-order valence-corrected chi connectivity index (χ3v) is 3.12. The summed E-state index contributed by atoms with van der Waals surface area (Å²) < 4.78 is 1.85. The van der Waals surface area contributed by atoms with E-state index in [1.807, 2.05) is 42.2 Å². The minimum absolute atomic E-state index is 0.524. The van der Waals surface area contributed by atoms with Gasteiger partial charge >= 0.3 is 0 Å². The molecule has 1 aromatic carbocycles. The van der Waals surface area contributed by atoms with Crippen LogP contribution in [-0.2, 0) is 7.05 Å². The molecule has 0 unspecified atom stereocenters. The highest BCUT2D eigenvalue weighted by atomic mass is 35.5. The van der Waals surface area contributed by atoms with E-state index in [0.717, 1.165) is 22.0 Å². The Labute approximate surface area is 104 Å². The predicted molar refractivity (Wildman–Crippen MR) is 69.0 cm³/mol. The van der Waals surface area contributed by atoms with Gasteiger partial charge in [0.2, 0.25) is 0 Å². The smallest absolute Gasteiger partial charge is 0.136 e. The number of pyridine rings is 1. The van der Waals surface area contributed by atoms with Gasteiger partial charge in [-0.3, -0.25) is 4.68 Å². The van der Waals surface area contributed by atoms with Crippen molar-refractivity contribution >= 4 is 22.5 Å². The van der Waals surface area contributed by atoms with Gasteiger partial charge in [-0.1, -0.05) is 17.7 Å². The molecule has 3 nitrogen and oxygen atoms in total. The Kier molecular flexibility index (Phi) is 2.34. The van der Waals surface area contributed by atoms with Crippen LogP contribution in [0.2, 0.25) is 5.15 Å². The van der Waals surface area contributed by atoms with Gasteiger partial charge in [0, 0.05) is 24.2 Å². The molecule has 0 aliphatic rings. The van der Waals surface area contributed by atoms with Crippen LogP contribution in [0.5, 0.6) is 0 Å². The molecule has 2 heterocycles. The van der Waals surface area contributed by atoms with Gasteiger partial charge in [0.15, 0.2) is 0 Å². The molecule has 0 radical (unpaired) electrons. The maximum Gasteiger partial charge on any atom is 0.136 e. The number of aryl methyl sites for hydroxylation is 1. The Bertz CT molecular complexity index is 688. The van der Waals surface area contributed by atoms with Crippen LogP contribution in [0, 0.1) is 0 Å². The van der Waals surface area contributed by atoms with Crippen LogP contribution in [0.4, 0.5) is 0 Å². The van der Waals surface area contributed by atoms with E-state index in [1.165, 1.54) is 0 Å². The van der Waals surface area contributed by atoms with E-state index in [2.05, 4.69) is 16.1 Å². The van der Waals surface area contributed by atoms with Gasteiger partial charge in [-0.05, 0) is 29.8 Å². The minimum atomic E-state index is 0.524. The van der Waals surface area contributed by atoms with Crippen LogP contribution < -0.4 is 0 Å². The quantitative estimate of drug-likeness (QED) is 0.614. The molecule has 0 aliphatic heterocycles. The molecule has 3 rings (SSSR count). The van der Waals surface area contributed by atoms with Crippen LogP contribution in [0.1, 0.15) is 0 Å². The summed E-state index contributed by atoms with van der Waals surface area (Å²) in [6, 6.07) is 10.0. The summed E-state index contributed by atoms with van der Waals surface area (Å²) in [7, 11) is 1.93. The first-order valence-electron chi connectivity index (χ1n) is 5.28. The lowest BCUT2D eigenvalue weighted by molar-refractivity contribution is 0.797. The average molecular weight is 244 g/mol. The summed E-state index contributed by atoms with van der Waals surface area (Å²) >= 11 is 6.08. The highest BCUT2D eigenvalue weighted by Gasteiger charge is 2.06. The van der Waals surface area contributed by atoms with Crippen molar-refractivity contribution in [1.82, 2.24) is 14.8 Å². The van der Waals surface area contributed by atoms with Crippen LogP contribution in [0.15, 0.2) is 42.7 Å². The normalized spacial score (nSPS) is 10.9. The monoisotopic (exact) mass is 243 g/mol. The van der Waals surface area contributed by atoms with E-state index in [1.54, 1.807) is 6.20 Å². The molecule has 0 atom stereocenters. The van der Waals surface area contributed by atoms with Crippen LogP contribution in [-0.4, -0.2) is 14.8 Å². The Morgan fingerprint density at radius 1 is 1.24 bits per heavy atom. The summed E-state index contributed by atoms with van der Waals surface area (Å²) in [5.41, 5.74) is 3.11. The van der Waals surface area contributed by atoms with E-state index >= 15 is 0 Å². The average Bonchev–Trinajstić information content (AvgIpc) is 2.71. The Morgan fingerprint density at radius 3 is 2.94 bits per heavy atom. The lowest BCUT2D eigenvalue weighted by Crippen LogP contribution is -1.88. The van der Waals surface area contributed by atoms with Crippen molar-refractivity contribution < 1.29 is 0 Å². The molecule has 4 heteroatoms. The van der Waals surface area contributed by atoms with E-state index in [9.17, 15) is 0 Å². The van der Waals surface area contributed by atoms with Gasteiger partial charge in [0.1, 0.15) is 5.15 Å². The van der Waals surface area contributed by atoms with Crippen molar-refractivity contribution in [3.05, 3.63) is 47.9 Å². The summed E-state index contributed by atoms with van der Waals surface area (Å²) in [6.07, 6.45) is 3.54. The summed E-state index contributed by atoms with van der Waals surface area (Å²) in [6.45, 7) is 0. The first-order valence-corrected chi connectivity index (χ1v) is 5.66. The molecule has 0 spiro atoms. The van der Waals surface area contributed by atoms with Gasteiger partial charge in [0.25, 0.3) is 0 Å². The topological polar surface area (TPSA) is 30.7 Å². The lowest BCUT2D eigenvalue weighted by Gasteiger charge is -2.03. The van der Waals surface area contributed by atoms with Crippen molar-refractivity contribution in [2.75, 3.05) is 0 Å². The zero-order chi connectivity index (χ0) is 11.8. The molecule has 0 N–H and O–H groups in total. The Balaban J connectivity index is 2.22. The first-order chi connectivity index (χ1) is 8.25. The van der Waals surface area contributed by atoms with E-state index in [0.29, 0.717) is 5.15 Å². The predicted octanol–water partition coefficient (Wildman–Crippen LogP) is 3.29. The number of aromatic nitrogens is 3. The van der Waals surface area contributed by atoms with Crippen molar-refractivity contribution in [3.8, 4) is 11.1 Å². The zero-order valence-corrected chi connectivity index (χ0v) is 10.0. The molecule has 0 saturated carbocycles. The van der Waals surface area contributed by atoms with Gasteiger partial charge in [-0.25, -0.2) is 4.98 Å².